The van der Waals surface area contributed by atoms with Crippen molar-refractivity contribution < 1.29 is 9.59 Å². The number of piperazine rings is 1. The van der Waals surface area contributed by atoms with E-state index in [9.17, 15) is 9.59 Å². The van der Waals surface area contributed by atoms with E-state index in [0.717, 1.165) is 42.6 Å². The van der Waals surface area contributed by atoms with Crippen LogP contribution in [0.4, 0.5) is 0 Å². The lowest BCUT2D eigenvalue weighted by Gasteiger charge is -2.42. The lowest BCUT2D eigenvalue weighted by molar-refractivity contribution is -0.135. The third-order valence-corrected chi connectivity index (χ3v) is 7.30. The fourth-order valence-electron chi connectivity index (χ4n) is 5.19. The van der Waals surface area contributed by atoms with E-state index >= 15 is 0 Å². The average Bonchev–Trinajstić information content (AvgIpc) is 3.36. The van der Waals surface area contributed by atoms with E-state index in [4.69, 9.17) is 0 Å². The average molecular weight is 460 g/mol. The number of nitrogens with zero attached hydrogens (tertiary/aromatic N) is 3. The molecule has 0 spiro atoms. The summed E-state index contributed by atoms with van der Waals surface area (Å²) in [7, 11) is 2.18. The number of fused-ring (bicyclic) bond motifs is 1. The van der Waals surface area contributed by atoms with Gasteiger partial charge >= 0.3 is 0 Å². The van der Waals surface area contributed by atoms with E-state index in [2.05, 4.69) is 27.1 Å². The van der Waals surface area contributed by atoms with Crippen molar-refractivity contribution in [3.63, 3.8) is 0 Å². The molecule has 5 rings (SSSR count). The summed E-state index contributed by atoms with van der Waals surface area (Å²) >= 11 is 0. The van der Waals surface area contributed by atoms with Gasteiger partial charge in [0.25, 0.3) is 5.91 Å². The number of hydrogen-bond acceptors (Lipinski definition) is 4. The summed E-state index contributed by atoms with van der Waals surface area (Å²) in [5.41, 5.74) is 2.25. The van der Waals surface area contributed by atoms with Crippen LogP contribution in [-0.4, -0.2) is 83.9 Å². The number of piperidine rings is 1. The second-order valence-corrected chi connectivity index (χ2v) is 9.49. The molecule has 2 fully saturated rings. The van der Waals surface area contributed by atoms with Crippen molar-refractivity contribution in [1.29, 1.82) is 0 Å². The van der Waals surface area contributed by atoms with Gasteiger partial charge in [-0.1, -0.05) is 36.4 Å². The molecule has 3 heterocycles. The van der Waals surface area contributed by atoms with Crippen LogP contribution in [0.25, 0.3) is 10.9 Å². The molecular weight excluding hydrogens is 426 g/mol. The molecule has 0 aliphatic carbocycles. The molecule has 2 aromatic carbocycles. The molecule has 3 aromatic rings. The van der Waals surface area contributed by atoms with Gasteiger partial charge in [0.1, 0.15) is 6.04 Å². The molecule has 0 radical (unpaired) electrons. The third-order valence-electron chi connectivity index (χ3n) is 7.30. The first-order valence-corrected chi connectivity index (χ1v) is 12.2. The number of aromatic nitrogens is 1. The van der Waals surface area contributed by atoms with Gasteiger partial charge in [-0.05, 0) is 62.1 Å². The van der Waals surface area contributed by atoms with Crippen LogP contribution in [0.15, 0.2) is 60.8 Å². The molecule has 2 aliphatic rings. The van der Waals surface area contributed by atoms with E-state index in [1.807, 2.05) is 59.6 Å². The Morgan fingerprint density at radius 3 is 2.41 bits per heavy atom. The second kappa shape index (κ2) is 9.99. The summed E-state index contributed by atoms with van der Waals surface area (Å²) in [6, 6.07) is 17.0. The van der Waals surface area contributed by atoms with Crippen molar-refractivity contribution in [1.82, 2.24) is 25.0 Å². The fourth-order valence-corrected chi connectivity index (χ4v) is 5.19. The van der Waals surface area contributed by atoms with Gasteiger partial charge in [-0.15, -0.1) is 0 Å². The van der Waals surface area contributed by atoms with E-state index in [1.165, 1.54) is 12.8 Å². The number of benzene rings is 2. The normalized spacial score (nSPS) is 19.3. The topological polar surface area (TPSA) is 71.7 Å². The Morgan fingerprint density at radius 2 is 1.68 bits per heavy atom. The minimum atomic E-state index is -0.706. The van der Waals surface area contributed by atoms with Crippen molar-refractivity contribution in [2.24, 2.45) is 0 Å². The zero-order chi connectivity index (χ0) is 23.5. The number of rotatable bonds is 5. The van der Waals surface area contributed by atoms with Crippen molar-refractivity contribution in [2.45, 2.75) is 24.9 Å². The van der Waals surface area contributed by atoms with E-state index < -0.39 is 6.04 Å². The van der Waals surface area contributed by atoms with E-state index in [1.54, 1.807) is 6.07 Å². The minimum Gasteiger partial charge on any atom is -0.361 e. The van der Waals surface area contributed by atoms with Crippen LogP contribution in [0.3, 0.4) is 0 Å². The van der Waals surface area contributed by atoms with Crippen LogP contribution >= 0.6 is 0 Å². The zero-order valence-corrected chi connectivity index (χ0v) is 19.7. The van der Waals surface area contributed by atoms with Crippen molar-refractivity contribution in [3.8, 4) is 0 Å². The highest BCUT2D eigenvalue weighted by Gasteiger charge is 2.32. The van der Waals surface area contributed by atoms with Crippen molar-refractivity contribution >= 4 is 22.7 Å². The summed E-state index contributed by atoms with van der Waals surface area (Å²) in [6.45, 7) is 5.44. The monoisotopic (exact) mass is 459 g/mol. The highest BCUT2D eigenvalue weighted by molar-refractivity contribution is 6.00. The molecule has 7 heteroatoms. The van der Waals surface area contributed by atoms with Gasteiger partial charge in [0.05, 0.1) is 0 Å². The molecule has 0 unspecified atom stereocenters. The molecule has 2 saturated heterocycles. The summed E-state index contributed by atoms with van der Waals surface area (Å²) in [4.78, 5) is 36.8. The minimum absolute atomic E-state index is 0.0384. The number of H-pyrrole nitrogens is 1. The van der Waals surface area contributed by atoms with Gasteiger partial charge in [0.15, 0.2) is 0 Å². The number of carbonyl (C=O) groups is 2. The Bertz CT molecular complexity index is 1130. The number of carbonyl (C=O) groups excluding carboxylic acids is 2. The van der Waals surface area contributed by atoms with Gasteiger partial charge in [0.2, 0.25) is 5.91 Å². The Hall–Kier alpha value is -3.16. The highest BCUT2D eigenvalue weighted by Crippen LogP contribution is 2.22. The molecule has 178 valence electrons. The first-order chi connectivity index (χ1) is 16.6. The number of amides is 2. The van der Waals surface area contributed by atoms with Crippen LogP contribution in [0.2, 0.25) is 0 Å². The smallest absolute Gasteiger partial charge is 0.252 e. The molecular formula is C27H33N5O2. The van der Waals surface area contributed by atoms with Gasteiger partial charge in [-0.2, -0.15) is 0 Å². The number of nitrogens with one attached hydrogen (secondary N) is 2. The maximum absolute atomic E-state index is 13.6. The zero-order valence-electron chi connectivity index (χ0n) is 19.7. The molecule has 0 saturated carbocycles. The Kier molecular flexibility index (Phi) is 6.65. The maximum Gasteiger partial charge on any atom is 0.252 e. The van der Waals surface area contributed by atoms with Crippen LogP contribution in [0, 0.1) is 0 Å². The summed E-state index contributed by atoms with van der Waals surface area (Å²) in [5, 5.41) is 4.07. The molecule has 7 nitrogen and oxygen atoms in total. The molecule has 0 bridgehead atoms. The predicted molar refractivity (Wildman–Crippen MR) is 134 cm³/mol. The summed E-state index contributed by atoms with van der Waals surface area (Å²) < 4.78 is 0. The lowest BCUT2D eigenvalue weighted by Crippen LogP contribution is -2.55. The number of likely N-dealkylation sites (tertiary alicyclic amines) is 1. The lowest BCUT2D eigenvalue weighted by atomic mass is 10.0. The van der Waals surface area contributed by atoms with E-state index in [-0.39, 0.29) is 11.8 Å². The van der Waals surface area contributed by atoms with Crippen LogP contribution in [0.5, 0.6) is 0 Å². The van der Waals surface area contributed by atoms with Gasteiger partial charge < -0.3 is 20.1 Å². The first kappa shape index (κ1) is 22.6. The molecule has 1 aromatic heterocycles. The summed E-state index contributed by atoms with van der Waals surface area (Å²) in [5.74, 6) is -0.285. The fraction of sp³-hybridized carbons (Fsp3) is 0.407. The summed E-state index contributed by atoms with van der Waals surface area (Å²) in [6.07, 6.45) is 4.24. The maximum atomic E-state index is 13.6. The van der Waals surface area contributed by atoms with Gasteiger partial charge in [-0.3, -0.25) is 14.5 Å². The Labute approximate surface area is 200 Å². The Balaban J connectivity index is 1.28. The molecule has 34 heavy (non-hydrogen) atoms. The van der Waals surface area contributed by atoms with Crippen molar-refractivity contribution in [2.75, 3.05) is 46.3 Å². The third kappa shape index (κ3) is 4.86. The molecule has 2 amide bonds. The second-order valence-electron chi connectivity index (χ2n) is 9.49. The molecule has 2 aliphatic heterocycles. The standard InChI is InChI=1S/C27H33N5O2/c1-30-13-10-23(11-14-30)31-15-17-32(18-16-31)27(34)25(21-5-3-2-4-6-21)29-26(33)22-8-7-20-9-12-28-24(20)19-22/h2-9,12,19,23,25,28H,10-11,13-18H2,1H3,(H,29,33)/t25-/m1/s1. The first-order valence-electron chi connectivity index (χ1n) is 12.2. The van der Waals surface area contributed by atoms with Crippen LogP contribution < -0.4 is 5.32 Å². The highest BCUT2D eigenvalue weighted by atomic mass is 16.2. The quantitative estimate of drug-likeness (QED) is 0.616. The Morgan fingerprint density at radius 1 is 0.941 bits per heavy atom. The molecule has 1 atom stereocenters. The number of hydrogen-bond donors (Lipinski definition) is 2. The van der Waals surface area contributed by atoms with Crippen molar-refractivity contribution in [3.05, 3.63) is 71.9 Å². The predicted octanol–water partition coefficient (Wildman–Crippen LogP) is 2.88. The van der Waals surface area contributed by atoms with Gasteiger partial charge in [-0.25, -0.2) is 0 Å². The van der Waals surface area contributed by atoms with Gasteiger partial charge in [0, 0.05) is 49.5 Å². The molecule has 2 N–H and O–H groups in total. The van der Waals surface area contributed by atoms with Crippen LogP contribution in [0.1, 0.15) is 34.8 Å². The largest absolute Gasteiger partial charge is 0.361 e. The van der Waals surface area contributed by atoms with E-state index in [0.29, 0.717) is 24.7 Å². The number of aromatic amines is 1. The van der Waals surface area contributed by atoms with Crippen LogP contribution in [-0.2, 0) is 4.79 Å². The SMILES string of the molecule is CN1CCC(N2CCN(C(=O)[C@H](NC(=O)c3ccc4cc[nH]c4c3)c3ccccc3)CC2)CC1.